The lowest BCUT2D eigenvalue weighted by molar-refractivity contribution is -0.115. The Morgan fingerprint density at radius 1 is 1.13 bits per heavy atom. The monoisotopic (exact) mass is 307 g/mol. The summed E-state index contributed by atoms with van der Waals surface area (Å²) in [5.41, 5.74) is 2.71. The van der Waals surface area contributed by atoms with Crippen molar-refractivity contribution >= 4 is 11.6 Å². The quantitative estimate of drug-likeness (QED) is 0.788. The molecule has 0 fully saturated rings. The largest absolute Gasteiger partial charge is 0.497 e. The molecule has 0 aliphatic carbocycles. The van der Waals surface area contributed by atoms with E-state index in [0.717, 1.165) is 22.7 Å². The molecule has 3 rings (SSSR count). The lowest BCUT2D eigenvalue weighted by Crippen LogP contribution is -2.14. The molecule has 1 aromatic heterocycles. The number of nitrogens with one attached hydrogen (secondary N) is 1. The molecule has 0 spiro atoms. The van der Waals surface area contributed by atoms with Crippen LogP contribution < -0.4 is 10.1 Å². The van der Waals surface area contributed by atoms with Gasteiger partial charge in [0.1, 0.15) is 5.75 Å². The lowest BCUT2D eigenvalue weighted by Gasteiger charge is -2.07. The van der Waals surface area contributed by atoms with Crippen molar-refractivity contribution < 1.29 is 9.53 Å². The molecule has 0 unspecified atom stereocenters. The molecule has 5 nitrogen and oxygen atoms in total. The summed E-state index contributed by atoms with van der Waals surface area (Å²) in [4.78, 5) is 16.1. The Kier molecular flexibility index (Phi) is 4.38. The highest BCUT2D eigenvalue weighted by molar-refractivity contribution is 5.92. The third kappa shape index (κ3) is 3.77. The van der Waals surface area contributed by atoms with Gasteiger partial charge in [-0.15, -0.1) is 0 Å². The highest BCUT2D eigenvalue weighted by atomic mass is 16.5. The summed E-state index contributed by atoms with van der Waals surface area (Å²) >= 11 is 0. The summed E-state index contributed by atoms with van der Waals surface area (Å²) in [5.74, 6) is 0.731. The summed E-state index contributed by atoms with van der Waals surface area (Å²) in [5, 5.41) is 2.90. The highest BCUT2D eigenvalue weighted by Gasteiger charge is 2.05. The molecule has 0 bridgehead atoms. The topological polar surface area (TPSA) is 56.1 Å². The van der Waals surface area contributed by atoms with E-state index >= 15 is 0 Å². The van der Waals surface area contributed by atoms with Crippen LogP contribution >= 0.6 is 0 Å². The summed E-state index contributed by atoms with van der Waals surface area (Å²) in [7, 11) is 1.62. The van der Waals surface area contributed by atoms with Gasteiger partial charge in [-0.1, -0.05) is 12.1 Å². The zero-order chi connectivity index (χ0) is 16.1. The van der Waals surface area contributed by atoms with Crippen LogP contribution in [0.3, 0.4) is 0 Å². The van der Waals surface area contributed by atoms with E-state index in [1.54, 1.807) is 19.6 Å². The third-order valence-corrected chi connectivity index (χ3v) is 3.48. The molecule has 3 aromatic rings. The van der Waals surface area contributed by atoms with Gasteiger partial charge >= 0.3 is 0 Å². The number of carbonyl (C=O) groups excluding carboxylic acids is 1. The van der Waals surface area contributed by atoms with Crippen LogP contribution in [0.5, 0.6) is 5.75 Å². The Morgan fingerprint density at radius 2 is 1.87 bits per heavy atom. The van der Waals surface area contributed by atoms with Gasteiger partial charge in [0, 0.05) is 23.8 Å². The van der Waals surface area contributed by atoms with Crippen molar-refractivity contribution in [3.63, 3.8) is 0 Å². The van der Waals surface area contributed by atoms with E-state index in [-0.39, 0.29) is 5.91 Å². The van der Waals surface area contributed by atoms with Gasteiger partial charge < -0.3 is 14.6 Å². The molecule has 1 amide bonds. The van der Waals surface area contributed by atoms with Gasteiger partial charge in [-0.2, -0.15) is 0 Å². The molecule has 0 aliphatic rings. The van der Waals surface area contributed by atoms with Crippen LogP contribution in [0, 0.1) is 0 Å². The number of ether oxygens (including phenoxy) is 1. The number of benzene rings is 2. The molecular formula is C18H17N3O2. The third-order valence-electron chi connectivity index (χ3n) is 3.48. The second kappa shape index (κ2) is 6.79. The maximum absolute atomic E-state index is 12.1. The van der Waals surface area contributed by atoms with Gasteiger partial charge in [0.15, 0.2) is 0 Å². The fourth-order valence-electron chi connectivity index (χ4n) is 2.26. The average Bonchev–Trinajstić information content (AvgIpc) is 3.11. The molecule has 0 aliphatic heterocycles. The average molecular weight is 307 g/mol. The van der Waals surface area contributed by atoms with E-state index in [4.69, 9.17) is 4.74 Å². The minimum absolute atomic E-state index is 0.0504. The van der Waals surface area contributed by atoms with Crippen LogP contribution in [0.2, 0.25) is 0 Å². The van der Waals surface area contributed by atoms with E-state index in [1.807, 2.05) is 59.3 Å². The number of hydrogen-bond acceptors (Lipinski definition) is 3. The zero-order valence-corrected chi connectivity index (χ0v) is 12.8. The van der Waals surface area contributed by atoms with E-state index in [9.17, 15) is 4.79 Å². The first-order valence-electron chi connectivity index (χ1n) is 7.26. The van der Waals surface area contributed by atoms with E-state index < -0.39 is 0 Å². The molecule has 0 saturated heterocycles. The minimum atomic E-state index is -0.0504. The number of nitrogens with zero attached hydrogens (tertiary/aromatic N) is 2. The number of amides is 1. The number of aromatic nitrogens is 2. The summed E-state index contributed by atoms with van der Waals surface area (Å²) in [6, 6.07) is 15.1. The van der Waals surface area contributed by atoms with Crippen LogP contribution in [0.15, 0.2) is 67.3 Å². The number of methoxy groups -OCH3 is 1. The number of imidazole rings is 1. The molecule has 0 atom stereocenters. The lowest BCUT2D eigenvalue weighted by atomic mass is 10.1. The standard InChI is InChI=1S/C18H17N3O2/c1-23-17-8-2-14(3-9-17)12-18(22)20-15-4-6-16(7-5-15)21-11-10-19-13-21/h2-11,13H,12H2,1H3,(H,20,22). The van der Waals surface area contributed by atoms with Crippen LogP contribution in [0.25, 0.3) is 5.69 Å². The number of carbonyl (C=O) groups is 1. The Hall–Kier alpha value is -3.08. The molecule has 0 radical (unpaired) electrons. The van der Waals surface area contributed by atoms with Crippen LogP contribution in [0.4, 0.5) is 5.69 Å². The van der Waals surface area contributed by atoms with Gasteiger partial charge in [0.2, 0.25) is 5.91 Å². The second-order valence-corrected chi connectivity index (χ2v) is 5.09. The molecule has 23 heavy (non-hydrogen) atoms. The Morgan fingerprint density at radius 3 is 2.48 bits per heavy atom. The van der Waals surface area contributed by atoms with Crippen molar-refractivity contribution in [1.82, 2.24) is 9.55 Å². The van der Waals surface area contributed by atoms with Crippen LogP contribution in [-0.2, 0) is 11.2 Å². The molecule has 0 saturated carbocycles. The molecule has 116 valence electrons. The van der Waals surface area contributed by atoms with Gasteiger partial charge in [0.25, 0.3) is 0 Å². The molecule has 5 heteroatoms. The SMILES string of the molecule is COc1ccc(CC(=O)Nc2ccc(-n3ccnc3)cc2)cc1. The van der Waals surface area contributed by atoms with Crippen molar-refractivity contribution in [3.05, 3.63) is 72.8 Å². The Balaban J connectivity index is 1.61. The number of hydrogen-bond donors (Lipinski definition) is 1. The van der Waals surface area contributed by atoms with E-state index in [1.165, 1.54) is 0 Å². The summed E-state index contributed by atoms with van der Waals surface area (Å²) < 4.78 is 7.01. The first-order valence-corrected chi connectivity index (χ1v) is 7.26. The molecule has 1 N–H and O–H groups in total. The highest BCUT2D eigenvalue weighted by Crippen LogP contribution is 2.15. The first kappa shape index (κ1) is 14.8. The second-order valence-electron chi connectivity index (χ2n) is 5.09. The van der Waals surface area contributed by atoms with Crippen molar-refractivity contribution in [2.24, 2.45) is 0 Å². The smallest absolute Gasteiger partial charge is 0.228 e. The maximum Gasteiger partial charge on any atom is 0.228 e. The molecular weight excluding hydrogens is 290 g/mol. The summed E-state index contributed by atoms with van der Waals surface area (Å²) in [6.07, 6.45) is 5.66. The number of anilines is 1. The van der Waals surface area contributed by atoms with Gasteiger partial charge in [-0.05, 0) is 42.0 Å². The van der Waals surface area contributed by atoms with E-state index in [0.29, 0.717) is 6.42 Å². The van der Waals surface area contributed by atoms with Crippen molar-refractivity contribution in [3.8, 4) is 11.4 Å². The van der Waals surface area contributed by atoms with Crippen molar-refractivity contribution in [2.75, 3.05) is 12.4 Å². The van der Waals surface area contributed by atoms with Crippen molar-refractivity contribution in [1.29, 1.82) is 0 Å². The van der Waals surface area contributed by atoms with Crippen LogP contribution in [-0.4, -0.2) is 22.6 Å². The Bertz CT molecular complexity index is 763. The minimum Gasteiger partial charge on any atom is -0.497 e. The van der Waals surface area contributed by atoms with Crippen molar-refractivity contribution in [2.45, 2.75) is 6.42 Å². The van der Waals surface area contributed by atoms with Crippen LogP contribution in [0.1, 0.15) is 5.56 Å². The maximum atomic E-state index is 12.1. The predicted molar refractivity (Wildman–Crippen MR) is 88.9 cm³/mol. The summed E-state index contributed by atoms with van der Waals surface area (Å²) in [6.45, 7) is 0. The predicted octanol–water partition coefficient (Wildman–Crippen LogP) is 3.06. The normalized spacial score (nSPS) is 10.3. The number of rotatable bonds is 5. The fourth-order valence-corrected chi connectivity index (χ4v) is 2.26. The van der Waals surface area contributed by atoms with Gasteiger partial charge in [0.05, 0.1) is 19.9 Å². The Labute approximate surface area is 134 Å². The van der Waals surface area contributed by atoms with Gasteiger partial charge in [-0.25, -0.2) is 4.98 Å². The van der Waals surface area contributed by atoms with E-state index in [2.05, 4.69) is 10.3 Å². The van der Waals surface area contributed by atoms with Gasteiger partial charge in [-0.3, -0.25) is 4.79 Å². The molecule has 2 aromatic carbocycles. The first-order chi connectivity index (χ1) is 11.2. The zero-order valence-electron chi connectivity index (χ0n) is 12.8. The molecule has 1 heterocycles. The fraction of sp³-hybridized carbons (Fsp3) is 0.111.